The zero-order valence-corrected chi connectivity index (χ0v) is 21.3. The lowest BCUT2D eigenvalue weighted by atomic mass is 9.89. The van der Waals surface area contributed by atoms with Gasteiger partial charge in [0.1, 0.15) is 12.1 Å². The van der Waals surface area contributed by atoms with Crippen LogP contribution < -0.4 is 10.6 Å². The first-order chi connectivity index (χ1) is 17.3. The summed E-state index contributed by atoms with van der Waals surface area (Å²) < 4.78 is 0. The van der Waals surface area contributed by atoms with Gasteiger partial charge in [0.15, 0.2) is 0 Å². The number of rotatable bonds is 7. The van der Waals surface area contributed by atoms with Gasteiger partial charge in [-0.15, -0.1) is 0 Å². The number of H-pyrrole nitrogens is 1. The third kappa shape index (κ3) is 3.96. The Morgan fingerprint density at radius 1 is 1.08 bits per heavy atom. The van der Waals surface area contributed by atoms with Crippen LogP contribution in [0.2, 0.25) is 0 Å². The van der Waals surface area contributed by atoms with Gasteiger partial charge < -0.3 is 20.5 Å². The summed E-state index contributed by atoms with van der Waals surface area (Å²) >= 11 is 0. The molecule has 3 N–H and O–H groups in total. The molecule has 0 aliphatic carbocycles. The van der Waals surface area contributed by atoms with E-state index >= 15 is 0 Å². The highest BCUT2D eigenvalue weighted by Gasteiger charge is 2.49. The zero-order valence-electron chi connectivity index (χ0n) is 21.3. The van der Waals surface area contributed by atoms with E-state index in [-0.39, 0.29) is 29.7 Å². The molecule has 3 heterocycles. The van der Waals surface area contributed by atoms with E-state index in [1.807, 2.05) is 70.2 Å². The molecule has 0 fully saturated rings. The van der Waals surface area contributed by atoms with Crippen LogP contribution in [0.15, 0.2) is 48.5 Å². The van der Waals surface area contributed by atoms with E-state index in [2.05, 4.69) is 21.7 Å². The Morgan fingerprint density at radius 3 is 2.56 bits per heavy atom. The fourth-order valence-corrected chi connectivity index (χ4v) is 5.50. The Morgan fingerprint density at radius 2 is 1.81 bits per heavy atom. The van der Waals surface area contributed by atoms with Crippen LogP contribution in [0.1, 0.15) is 67.3 Å². The lowest BCUT2D eigenvalue weighted by molar-refractivity contribution is -0.133. The molecule has 36 heavy (non-hydrogen) atoms. The second-order valence-corrected chi connectivity index (χ2v) is 10.5. The van der Waals surface area contributed by atoms with Crippen molar-refractivity contribution in [2.45, 2.75) is 58.7 Å². The molecule has 4 atom stereocenters. The van der Waals surface area contributed by atoms with Gasteiger partial charge in [-0.1, -0.05) is 70.5 Å². The van der Waals surface area contributed by atoms with E-state index in [9.17, 15) is 14.4 Å². The number of hydrogen-bond acceptors (Lipinski definition) is 3. The average molecular weight is 487 g/mol. The fourth-order valence-electron chi connectivity index (χ4n) is 5.50. The van der Waals surface area contributed by atoms with Crippen LogP contribution in [-0.4, -0.2) is 46.2 Å². The Balaban J connectivity index is 1.53. The number of amides is 3. The van der Waals surface area contributed by atoms with Gasteiger partial charge in [-0.25, -0.2) is 0 Å². The SMILES string of the molecule is CC[C@H](C)[C@H](NC(=O)[C@H]1Cc2c([nH]c3ccccc23)[C@@H]2c3ccccc3C(=O)N21)C(=O)NCC(C)C. The van der Waals surface area contributed by atoms with Crippen molar-refractivity contribution in [1.29, 1.82) is 0 Å². The predicted octanol–water partition coefficient (Wildman–Crippen LogP) is 3.94. The molecule has 0 spiro atoms. The number of nitrogens with one attached hydrogen (secondary N) is 3. The Kier molecular flexibility index (Phi) is 6.33. The van der Waals surface area contributed by atoms with Crippen molar-refractivity contribution in [3.8, 4) is 0 Å². The topological polar surface area (TPSA) is 94.3 Å². The first kappa shape index (κ1) is 24.1. The van der Waals surface area contributed by atoms with Gasteiger partial charge in [-0.3, -0.25) is 14.4 Å². The van der Waals surface area contributed by atoms with Crippen LogP contribution in [-0.2, 0) is 16.0 Å². The summed E-state index contributed by atoms with van der Waals surface area (Å²) in [7, 11) is 0. The molecule has 3 aromatic rings. The second-order valence-electron chi connectivity index (χ2n) is 10.5. The molecule has 0 saturated carbocycles. The molecule has 2 aromatic carbocycles. The van der Waals surface area contributed by atoms with Crippen molar-refractivity contribution in [3.05, 3.63) is 70.9 Å². The van der Waals surface area contributed by atoms with Gasteiger partial charge in [0.25, 0.3) is 5.91 Å². The maximum Gasteiger partial charge on any atom is 0.255 e. The van der Waals surface area contributed by atoms with Gasteiger partial charge in [0.05, 0.1) is 6.04 Å². The number of carbonyl (C=O) groups excluding carboxylic acids is 3. The van der Waals surface area contributed by atoms with Crippen molar-refractivity contribution in [3.63, 3.8) is 0 Å². The minimum absolute atomic E-state index is 0.0457. The molecule has 0 bridgehead atoms. The summed E-state index contributed by atoms with van der Waals surface area (Å²) in [5.41, 5.74) is 4.54. The molecular weight excluding hydrogens is 452 g/mol. The number of aromatic amines is 1. The summed E-state index contributed by atoms with van der Waals surface area (Å²) in [6.07, 6.45) is 1.14. The summed E-state index contributed by atoms with van der Waals surface area (Å²) in [5, 5.41) is 7.07. The Bertz CT molecular complexity index is 1330. The predicted molar refractivity (Wildman–Crippen MR) is 139 cm³/mol. The standard InChI is InChI=1S/C29H34N4O3/c1-5-17(4)24(28(35)30-15-16(2)3)32-27(34)23-14-21-18-10-8-9-13-22(18)31-25(21)26-19-11-6-7-12-20(19)29(36)33(23)26/h6-13,16-17,23-24,26,31H,5,14-15H2,1-4H3,(H,30,35)(H,32,34)/t17-,23+,24-,26-/m0/s1. The van der Waals surface area contributed by atoms with E-state index in [4.69, 9.17) is 0 Å². The number of hydrogen-bond donors (Lipinski definition) is 3. The monoisotopic (exact) mass is 486 g/mol. The van der Waals surface area contributed by atoms with Crippen LogP contribution in [0.25, 0.3) is 10.9 Å². The molecular formula is C29H34N4O3. The minimum atomic E-state index is -0.717. The van der Waals surface area contributed by atoms with Gasteiger partial charge in [-0.2, -0.15) is 0 Å². The van der Waals surface area contributed by atoms with Gasteiger partial charge in [-0.05, 0) is 35.1 Å². The number of aromatic nitrogens is 1. The molecule has 2 aliphatic rings. The Hall–Kier alpha value is -3.61. The molecule has 0 radical (unpaired) electrons. The van der Waals surface area contributed by atoms with Crippen molar-refractivity contribution in [2.75, 3.05) is 6.54 Å². The smallest absolute Gasteiger partial charge is 0.255 e. The lowest BCUT2D eigenvalue weighted by Gasteiger charge is -2.38. The zero-order chi connectivity index (χ0) is 25.6. The van der Waals surface area contributed by atoms with Crippen LogP contribution in [0.4, 0.5) is 0 Å². The summed E-state index contributed by atoms with van der Waals surface area (Å²) in [6, 6.07) is 13.9. The summed E-state index contributed by atoms with van der Waals surface area (Å²) in [5.74, 6) is -0.355. The van der Waals surface area contributed by atoms with Crippen molar-refractivity contribution in [2.24, 2.45) is 11.8 Å². The van der Waals surface area contributed by atoms with E-state index in [1.165, 1.54) is 0 Å². The maximum atomic E-state index is 13.9. The second kappa shape index (κ2) is 9.45. The van der Waals surface area contributed by atoms with E-state index in [0.717, 1.165) is 34.1 Å². The molecule has 7 nitrogen and oxygen atoms in total. The van der Waals surface area contributed by atoms with Gasteiger partial charge in [0, 0.05) is 35.1 Å². The number of carbonyl (C=O) groups is 3. The number of nitrogens with zero attached hydrogens (tertiary/aromatic N) is 1. The molecule has 0 saturated heterocycles. The van der Waals surface area contributed by atoms with E-state index in [1.54, 1.807) is 4.90 Å². The Labute approximate surface area is 211 Å². The molecule has 2 aliphatic heterocycles. The molecule has 3 amide bonds. The van der Waals surface area contributed by atoms with Crippen LogP contribution in [0.5, 0.6) is 0 Å². The van der Waals surface area contributed by atoms with E-state index < -0.39 is 12.1 Å². The lowest BCUT2D eigenvalue weighted by Crippen LogP contribution is -2.58. The molecule has 1 aromatic heterocycles. The van der Waals surface area contributed by atoms with E-state index in [0.29, 0.717) is 24.4 Å². The largest absolute Gasteiger partial charge is 0.356 e. The van der Waals surface area contributed by atoms with Crippen LogP contribution in [0, 0.1) is 11.8 Å². The van der Waals surface area contributed by atoms with Crippen molar-refractivity contribution in [1.82, 2.24) is 20.5 Å². The van der Waals surface area contributed by atoms with Crippen LogP contribution >= 0.6 is 0 Å². The molecule has 188 valence electrons. The van der Waals surface area contributed by atoms with Crippen molar-refractivity contribution < 1.29 is 14.4 Å². The fraction of sp³-hybridized carbons (Fsp3) is 0.414. The molecule has 5 rings (SSSR count). The maximum absolute atomic E-state index is 13.9. The van der Waals surface area contributed by atoms with Gasteiger partial charge in [0.2, 0.25) is 11.8 Å². The normalized spacial score (nSPS) is 20.0. The summed E-state index contributed by atoms with van der Waals surface area (Å²) in [4.78, 5) is 45.8. The highest BCUT2D eigenvalue weighted by Crippen LogP contribution is 2.46. The van der Waals surface area contributed by atoms with Crippen LogP contribution in [0.3, 0.4) is 0 Å². The minimum Gasteiger partial charge on any atom is -0.356 e. The van der Waals surface area contributed by atoms with Gasteiger partial charge >= 0.3 is 0 Å². The first-order valence-corrected chi connectivity index (χ1v) is 12.9. The third-order valence-corrected chi connectivity index (χ3v) is 7.63. The van der Waals surface area contributed by atoms with Crippen molar-refractivity contribution >= 4 is 28.6 Å². The highest BCUT2D eigenvalue weighted by atomic mass is 16.2. The first-order valence-electron chi connectivity index (χ1n) is 12.9. The number of benzene rings is 2. The molecule has 7 heteroatoms. The third-order valence-electron chi connectivity index (χ3n) is 7.63. The highest BCUT2D eigenvalue weighted by molar-refractivity contribution is 6.04. The summed E-state index contributed by atoms with van der Waals surface area (Å²) in [6.45, 7) is 8.60. The number of fused-ring (bicyclic) bond motifs is 7. The quantitative estimate of drug-likeness (QED) is 0.472. The molecule has 0 unspecified atom stereocenters. The number of para-hydroxylation sites is 1. The average Bonchev–Trinajstić information content (AvgIpc) is 3.40.